The van der Waals surface area contributed by atoms with E-state index in [-0.39, 0.29) is 43.0 Å². The normalized spacial score (nSPS) is 10.8. The third kappa shape index (κ3) is 8.59. The number of Topliss-reactive ketones (excluding diaryl/α,β-unsaturated/α-hetero) is 1. The van der Waals surface area contributed by atoms with Crippen molar-refractivity contribution in [2.45, 2.75) is 26.2 Å². The molecule has 0 unspecified atom stereocenters. The van der Waals surface area contributed by atoms with E-state index in [4.69, 9.17) is 37.9 Å². The smallest absolute Gasteiger partial charge is 0.338 e. The Bertz CT molecular complexity index is 1310. The lowest BCUT2D eigenvalue weighted by molar-refractivity contribution is -0.0105. The number of benzene rings is 3. The first-order valence-corrected chi connectivity index (χ1v) is 14.2. The van der Waals surface area contributed by atoms with Crippen LogP contribution >= 0.6 is 0 Å². The van der Waals surface area contributed by atoms with Gasteiger partial charge in [0.15, 0.2) is 40.3 Å². The number of hydrogen-bond donors (Lipinski definition) is 0. The Labute approximate surface area is 263 Å². The molecule has 0 amide bonds. The van der Waals surface area contributed by atoms with E-state index < -0.39 is 17.4 Å². The minimum atomic E-state index is -0.884. The molecule has 0 radical (unpaired) electrons. The highest BCUT2D eigenvalue weighted by atomic mass is 16.6. The predicted octanol–water partition coefficient (Wildman–Crippen LogP) is 5.81. The summed E-state index contributed by atoms with van der Waals surface area (Å²) in [4.78, 5) is 39.5. The van der Waals surface area contributed by atoms with Crippen molar-refractivity contribution < 1.29 is 52.3 Å². The van der Waals surface area contributed by atoms with Crippen LogP contribution in [-0.4, -0.2) is 73.6 Å². The number of ketones is 1. The van der Waals surface area contributed by atoms with E-state index in [2.05, 4.69) is 0 Å². The van der Waals surface area contributed by atoms with E-state index in [1.165, 1.54) is 54.8 Å². The van der Waals surface area contributed by atoms with Crippen molar-refractivity contribution in [3.8, 4) is 34.5 Å². The molecule has 0 saturated heterocycles. The first kappa shape index (κ1) is 34.6. The molecule has 45 heavy (non-hydrogen) atoms. The Balaban J connectivity index is 1.83. The van der Waals surface area contributed by atoms with Crippen molar-refractivity contribution in [2.75, 3.05) is 55.9 Å². The molecule has 0 atom stereocenters. The second-order valence-electron chi connectivity index (χ2n) is 10.1. The summed E-state index contributed by atoms with van der Waals surface area (Å²) in [5.41, 5.74) is 0.0510. The molecular formula is C34H40O11. The Morgan fingerprint density at radius 2 is 0.889 bits per heavy atom. The molecule has 3 aromatic rings. The highest BCUT2D eigenvalue weighted by Gasteiger charge is 2.34. The lowest BCUT2D eigenvalue weighted by Gasteiger charge is -2.31. The van der Waals surface area contributed by atoms with Crippen molar-refractivity contribution in [3.05, 3.63) is 71.3 Å². The van der Waals surface area contributed by atoms with Gasteiger partial charge in [0.1, 0.15) is 13.2 Å². The lowest BCUT2D eigenvalue weighted by Crippen LogP contribution is -2.35. The van der Waals surface area contributed by atoms with E-state index in [0.29, 0.717) is 46.5 Å². The fraction of sp³-hybridized carbons (Fsp3) is 0.382. The van der Waals surface area contributed by atoms with Crippen LogP contribution in [0.15, 0.2) is 54.6 Å². The van der Waals surface area contributed by atoms with Crippen LogP contribution < -0.4 is 28.4 Å². The molecule has 0 aliphatic heterocycles. The fourth-order valence-electron chi connectivity index (χ4n) is 4.63. The third-order valence-corrected chi connectivity index (χ3v) is 7.60. The van der Waals surface area contributed by atoms with Crippen LogP contribution in [0.25, 0.3) is 0 Å². The summed E-state index contributed by atoms with van der Waals surface area (Å²) in [7, 11) is 8.94. The quantitative estimate of drug-likeness (QED) is 0.133. The van der Waals surface area contributed by atoms with Crippen LogP contribution in [-0.2, 0) is 9.47 Å². The third-order valence-electron chi connectivity index (χ3n) is 7.60. The predicted molar refractivity (Wildman–Crippen MR) is 165 cm³/mol. The van der Waals surface area contributed by atoms with Crippen LogP contribution in [0, 0.1) is 5.41 Å². The van der Waals surface area contributed by atoms with Gasteiger partial charge in [-0.2, -0.15) is 0 Å². The highest BCUT2D eigenvalue weighted by Crippen LogP contribution is 2.34. The van der Waals surface area contributed by atoms with E-state index in [1.807, 2.05) is 6.92 Å². The van der Waals surface area contributed by atoms with Crippen LogP contribution in [0.3, 0.4) is 0 Å². The Morgan fingerprint density at radius 3 is 1.24 bits per heavy atom. The molecule has 3 aromatic carbocycles. The van der Waals surface area contributed by atoms with Gasteiger partial charge in [-0.1, -0.05) is 6.92 Å². The van der Waals surface area contributed by atoms with Gasteiger partial charge < -0.3 is 37.9 Å². The number of carbonyl (C=O) groups is 3. The van der Waals surface area contributed by atoms with Crippen molar-refractivity contribution in [1.82, 2.24) is 0 Å². The molecule has 0 heterocycles. The van der Waals surface area contributed by atoms with Gasteiger partial charge in [-0.15, -0.1) is 0 Å². The summed E-state index contributed by atoms with van der Waals surface area (Å²) in [6.45, 7) is 1.65. The monoisotopic (exact) mass is 624 g/mol. The summed E-state index contributed by atoms with van der Waals surface area (Å²) < 4.78 is 43.3. The molecule has 11 heteroatoms. The van der Waals surface area contributed by atoms with E-state index in [0.717, 1.165) is 0 Å². The van der Waals surface area contributed by atoms with E-state index in [1.54, 1.807) is 42.5 Å². The molecule has 0 N–H and O–H groups in total. The summed E-state index contributed by atoms with van der Waals surface area (Å²) >= 11 is 0. The minimum Gasteiger partial charge on any atom is -0.493 e. The Kier molecular flexibility index (Phi) is 12.5. The number of methoxy groups -OCH3 is 6. The zero-order chi connectivity index (χ0) is 33.0. The topological polar surface area (TPSA) is 125 Å². The van der Waals surface area contributed by atoms with Crippen molar-refractivity contribution in [3.63, 3.8) is 0 Å². The first-order valence-electron chi connectivity index (χ1n) is 14.2. The molecule has 0 fully saturated rings. The maximum atomic E-state index is 13.3. The molecule has 0 bridgehead atoms. The Morgan fingerprint density at radius 1 is 0.533 bits per heavy atom. The first-order chi connectivity index (χ1) is 21.7. The highest BCUT2D eigenvalue weighted by molar-refractivity contribution is 5.96. The summed E-state index contributed by atoms with van der Waals surface area (Å²) in [5, 5.41) is 0. The minimum absolute atomic E-state index is 0.0884. The van der Waals surface area contributed by atoms with E-state index >= 15 is 0 Å². The molecular weight excluding hydrogens is 584 g/mol. The van der Waals surface area contributed by atoms with Crippen LogP contribution in [0.4, 0.5) is 0 Å². The molecule has 242 valence electrons. The summed E-state index contributed by atoms with van der Waals surface area (Å²) in [6.07, 6.45) is 0.783. The SMILES string of the molecule is CCC(CCC(=O)c1ccc(OC)c(OC)c1)(COC(=O)c1ccc(OC)c(OC)c1)COC(=O)c1ccc(OC)c(OC)c1. The van der Waals surface area contributed by atoms with Crippen LogP contribution in [0.2, 0.25) is 0 Å². The van der Waals surface area contributed by atoms with Crippen LogP contribution in [0.5, 0.6) is 34.5 Å². The summed E-state index contributed by atoms with van der Waals surface area (Å²) in [6, 6.07) is 14.3. The molecule has 11 nitrogen and oxygen atoms in total. The molecule has 0 saturated carbocycles. The summed E-state index contributed by atoms with van der Waals surface area (Å²) in [5.74, 6) is 1.24. The molecule has 0 aromatic heterocycles. The average Bonchev–Trinajstić information content (AvgIpc) is 3.09. The zero-order valence-corrected chi connectivity index (χ0v) is 26.7. The molecule has 0 spiro atoms. The average molecular weight is 625 g/mol. The largest absolute Gasteiger partial charge is 0.493 e. The Hall–Kier alpha value is -4.93. The van der Waals surface area contributed by atoms with Gasteiger partial charge >= 0.3 is 11.9 Å². The van der Waals surface area contributed by atoms with E-state index in [9.17, 15) is 14.4 Å². The maximum absolute atomic E-state index is 13.3. The number of rotatable bonds is 17. The van der Waals surface area contributed by atoms with Gasteiger partial charge in [-0.05, 0) is 67.4 Å². The van der Waals surface area contributed by atoms with Crippen molar-refractivity contribution in [1.29, 1.82) is 0 Å². The van der Waals surface area contributed by atoms with Crippen LogP contribution in [0.1, 0.15) is 57.3 Å². The lowest BCUT2D eigenvalue weighted by atomic mass is 9.81. The second kappa shape index (κ2) is 16.2. The maximum Gasteiger partial charge on any atom is 0.338 e. The van der Waals surface area contributed by atoms with Gasteiger partial charge in [0.05, 0.1) is 53.8 Å². The fourth-order valence-corrected chi connectivity index (χ4v) is 4.63. The number of hydrogen-bond acceptors (Lipinski definition) is 11. The molecule has 0 aliphatic carbocycles. The van der Waals surface area contributed by atoms with Crippen molar-refractivity contribution in [2.24, 2.45) is 5.41 Å². The van der Waals surface area contributed by atoms with Gasteiger partial charge in [-0.25, -0.2) is 9.59 Å². The van der Waals surface area contributed by atoms with Crippen molar-refractivity contribution >= 4 is 17.7 Å². The van der Waals surface area contributed by atoms with Gasteiger partial charge in [0.2, 0.25) is 0 Å². The van der Waals surface area contributed by atoms with Gasteiger partial charge in [-0.3, -0.25) is 4.79 Å². The second-order valence-corrected chi connectivity index (χ2v) is 10.1. The number of ether oxygens (including phenoxy) is 8. The number of carbonyl (C=O) groups excluding carboxylic acids is 3. The van der Waals surface area contributed by atoms with Gasteiger partial charge in [0, 0.05) is 17.4 Å². The van der Waals surface area contributed by atoms with Gasteiger partial charge in [0.25, 0.3) is 0 Å². The number of esters is 2. The standard InChI is InChI=1S/C34H40O11/c1-8-34(16-15-25(35)22-9-12-26(38-2)29(17-22)41-5,20-44-32(36)23-10-13-27(39-3)30(18-23)42-6)21-45-33(37)24-11-14-28(40-4)31(19-24)43-7/h9-14,17-19H,8,15-16,20-21H2,1-7H3. The molecule has 0 aliphatic rings. The molecule has 3 rings (SSSR count). The zero-order valence-electron chi connectivity index (χ0n) is 26.7.